The molecule has 0 bridgehead atoms. The molecule has 2 heterocycles. The molecule has 0 amide bonds. The zero-order valence-corrected chi connectivity index (χ0v) is 11.8. The fraction of sp³-hybridized carbons (Fsp3) is 0.417. The molecule has 17 heavy (non-hydrogen) atoms. The van der Waals surface area contributed by atoms with Crippen LogP contribution >= 0.6 is 22.7 Å². The van der Waals surface area contributed by atoms with Gasteiger partial charge in [-0.05, 0) is 25.6 Å². The average molecular weight is 267 g/mol. The molecular formula is C12H17N3S2. The van der Waals surface area contributed by atoms with E-state index in [9.17, 15) is 0 Å². The van der Waals surface area contributed by atoms with Gasteiger partial charge in [0.1, 0.15) is 0 Å². The maximum absolute atomic E-state index is 5.66. The molecule has 0 aliphatic heterocycles. The number of nitrogens with two attached hydrogens (primary N) is 1. The maximum Gasteiger partial charge on any atom is 0.0795 e. The van der Waals surface area contributed by atoms with Gasteiger partial charge in [-0.15, -0.1) is 22.7 Å². The van der Waals surface area contributed by atoms with Crippen LogP contribution in [0.25, 0.3) is 0 Å². The molecule has 2 aromatic rings. The molecule has 0 saturated heterocycles. The third kappa shape index (κ3) is 3.35. The van der Waals surface area contributed by atoms with Crippen LogP contribution in [0, 0.1) is 6.92 Å². The number of nitrogens with zero attached hydrogens (tertiary/aromatic N) is 2. The van der Waals surface area contributed by atoms with Crippen molar-refractivity contribution in [2.45, 2.75) is 26.6 Å². The molecule has 0 atom stereocenters. The Kier molecular flexibility index (Phi) is 4.28. The van der Waals surface area contributed by atoms with Crippen molar-refractivity contribution in [3.05, 3.63) is 38.0 Å². The standard InChI is InChI=1S/C12H17N3S2/c1-9-10(3-12(4-13)17-9)5-15(2)6-11-7-16-8-14-11/h3,7-8H,4-6,13H2,1-2H3. The molecule has 0 unspecified atom stereocenters. The highest BCUT2D eigenvalue weighted by atomic mass is 32.1. The van der Waals surface area contributed by atoms with Gasteiger partial charge in [0.2, 0.25) is 0 Å². The topological polar surface area (TPSA) is 42.1 Å². The Morgan fingerprint density at radius 3 is 2.82 bits per heavy atom. The Bertz CT molecular complexity index is 462. The summed E-state index contributed by atoms with van der Waals surface area (Å²) in [6, 6.07) is 2.22. The van der Waals surface area contributed by atoms with Crippen LogP contribution in [0.3, 0.4) is 0 Å². The number of hydrogen-bond donors (Lipinski definition) is 1. The minimum Gasteiger partial charge on any atom is -0.326 e. The number of aryl methyl sites for hydroxylation is 1. The predicted octanol–water partition coefficient (Wildman–Crippen LogP) is 2.60. The second kappa shape index (κ2) is 5.73. The zero-order chi connectivity index (χ0) is 12.3. The highest BCUT2D eigenvalue weighted by Crippen LogP contribution is 2.22. The van der Waals surface area contributed by atoms with Crippen LogP contribution in [0.1, 0.15) is 21.0 Å². The van der Waals surface area contributed by atoms with Crippen molar-refractivity contribution < 1.29 is 0 Å². The van der Waals surface area contributed by atoms with Crippen LogP contribution in [0.5, 0.6) is 0 Å². The lowest BCUT2D eigenvalue weighted by Crippen LogP contribution is -2.17. The van der Waals surface area contributed by atoms with E-state index >= 15 is 0 Å². The normalized spacial score (nSPS) is 11.3. The summed E-state index contributed by atoms with van der Waals surface area (Å²) in [5, 5.41) is 2.10. The van der Waals surface area contributed by atoms with Crippen molar-refractivity contribution in [1.29, 1.82) is 0 Å². The molecule has 0 saturated carbocycles. The van der Waals surface area contributed by atoms with Gasteiger partial charge in [0, 0.05) is 34.8 Å². The number of rotatable bonds is 5. The van der Waals surface area contributed by atoms with E-state index in [1.165, 1.54) is 15.3 Å². The molecule has 0 radical (unpaired) electrons. The first-order chi connectivity index (χ1) is 8.19. The van der Waals surface area contributed by atoms with E-state index in [4.69, 9.17) is 5.73 Å². The van der Waals surface area contributed by atoms with E-state index in [1.807, 2.05) is 5.51 Å². The largest absolute Gasteiger partial charge is 0.326 e. The lowest BCUT2D eigenvalue weighted by molar-refractivity contribution is 0.315. The Balaban J connectivity index is 1.97. The summed E-state index contributed by atoms with van der Waals surface area (Å²) in [6.45, 7) is 4.66. The van der Waals surface area contributed by atoms with Gasteiger partial charge in [0.15, 0.2) is 0 Å². The van der Waals surface area contributed by atoms with Gasteiger partial charge in [0.25, 0.3) is 0 Å². The fourth-order valence-electron chi connectivity index (χ4n) is 1.78. The Morgan fingerprint density at radius 2 is 2.24 bits per heavy atom. The molecule has 2 rings (SSSR count). The summed E-state index contributed by atoms with van der Waals surface area (Å²) in [5.41, 5.74) is 10.1. The second-order valence-electron chi connectivity index (χ2n) is 4.15. The number of thiophene rings is 1. The highest BCUT2D eigenvalue weighted by molar-refractivity contribution is 7.12. The molecular weight excluding hydrogens is 250 g/mol. The van der Waals surface area contributed by atoms with Crippen LogP contribution < -0.4 is 5.73 Å². The number of aromatic nitrogens is 1. The van der Waals surface area contributed by atoms with Gasteiger partial charge >= 0.3 is 0 Å². The molecule has 0 aliphatic rings. The lowest BCUT2D eigenvalue weighted by Gasteiger charge is -2.14. The van der Waals surface area contributed by atoms with Crippen molar-refractivity contribution in [1.82, 2.24) is 9.88 Å². The first kappa shape index (κ1) is 12.7. The molecule has 0 spiro atoms. The second-order valence-corrected chi connectivity index (χ2v) is 6.21. The van der Waals surface area contributed by atoms with Gasteiger partial charge in [-0.1, -0.05) is 0 Å². The van der Waals surface area contributed by atoms with E-state index in [1.54, 1.807) is 22.7 Å². The molecule has 0 fully saturated rings. The molecule has 92 valence electrons. The SMILES string of the molecule is Cc1sc(CN)cc1CN(C)Cc1cscn1. The summed E-state index contributed by atoms with van der Waals surface area (Å²) in [7, 11) is 2.12. The first-order valence-corrected chi connectivity index (χ1v) is 7.29. The van der Waals surface area contributed by atoms with Crippen molar-refractivity contribution in [3.8, 4) is 0 Å². The van der Waals surface area contributed by atoms with Gasteiger partial charge < -0.3 is 5.73 Å². The monoisotopic (exact) mass is 267 g/mol. The Hall–Kier alpha value is -0.750. The smallest absolute Gasteiger partial charge is 0.0795 e. The van der Waals surface area contributed by atoms with E-state index in [0.717, 1.165) is 18.8 Å². The summed E-state index contributed by atoms with van der Waals surface area (Å²) < 4.78 is 0. The van der Waals surface area contributed by atoms with E-state index in [2.05, 4.69) is 35.3 Å². The van der Waals surface area contributed by atoms with Crippen molar-refractivity contribution in [2.24, 2.45) is 5.73 Å². The summed E-state index contributed by atoms with van der Waals surface area (Å²) in [6.07, 6.45) is 0. The number of hydrogen-bond acceptors (Lipinski definition) is 5. The molecule has 0 aromatic carbocycles. The van der Waals surface area contributed by atoms with Gasteiger partial charge in [0.05, 0.1) is 11.2 Å². The maximum atomic E-state index is 5.66. The van der Waals surface area contributed by atoms with Crippen LogP contribution in [0.2, 0.25) is 0 Å². The Labute approximate surface area is 110 Å². The average Bonchev–Trinajstić information content (AvgIpc) is 2.89. The number of thiazole rings is 1. The van der Waals surface area contributed by atoms with Gasteiger partial charge in [-0.3, -0.25) is 4.90 Å². The lowest BCUT2D eigenvalue weighted by atomic mass is 10.2. The Morgan fingerprint density at radius 1 is 1.41 bits per heavy atom. The third-order valence-corrected chi connectivity index (χ3v) is 4.38. The van der Waals surface area contributed by atoms with Crippen LogP contribution in [-0.2, 0) is 19.6 Å². The van der Waals surface area contributed by atoms with Crippen LogP contribution in [0.4, 0.5) is 0 Å². The van der Waals surface area contributed by atoms with Gasteiger partial charge in [-0.25, -0.2) is 4.98 Å². The van der Waals surface area contributed by atoms with Crippen molar-refractivity contribution in [2.75, 3.05) is 7.05 Å². The van der Waals surface area contributed by atoms with Crippen molar-refractivity contribution >= 4 is 22.7 Å². The molecule has 3 nitrogen and oxygen atoms in total. The summed E-state index contributed by atoms with van der Waals surface area (Å²) in [5.74, 6) is 0. The predicted molar refractivity (Wildman–Crippen MR) is 74.2 cm³/mol. The highest BCUT2D eigenvalue weighted by Gasteiger charge is 2.08. The van der Waals surface area contributed by atoms with Crippen LogP contribution in [-0.4, -0.2) is 16.9 Å². The molecule has 2 N–H and O–H groups in total. The molecule has 0 aliphatic carbocycles. The summed E-state index contributed by atoms with van der Waals surface area (Å²) in [4.78, 5) is 9.22. The minimum absolute atomic E-state index is 0.640. The molecule has 5 heteroatoms. The quantitative estimate of drug-likeness (QED) is 0.905. The minimum atomic E-state index is 0.640. The van der Waals surface area contributed by atoms with E-state index in [-0.39, 0.29) is 0 Å². The van der Waals surface area contributed by atoms with Crippen LogP contribution in [0.15, 0.2) is 17.0 Å². The summed E-state index contributed by atoms with van der Waals surface area (Å²) >= 11 is 3.45. The fourth-order valence-corrected chi connectivity index (χ4v) is 3.27. The van der Waals surface area contributed by atoms with E-state index < -0.39 is 0 Å². The first-order valence-electron chi connectivity index (χ1n) is 5.53. The third-order valence-electron chi connectivity index (χ3n) is 2.63. The van der Waals surface area contributed by atoms with Crippen molar-refractivity contribution in [3.63, 3.8) is 0 Å². The van der Waals surface area contributed by atoms with E-state index in [0.29, 0.717) is 6.54 Å². The molecule has 2 aromatic heterocycles. The zero-order valence-electron chi connectivity index (χ0n) is 10.1. The van der Waals surface area contributed by atoms with Gasteiger partial charge in [-0.2, -0.15) is 0 Å².